The molecule has 1 aromatic carbocycles. The third-order valence-electron chi connectivity index (χ3n) is 4.07. The molecule has 1 aromatic heterocycles. The summed E-state index contributed by atoms with van der Waals surface area (Å²) in [5, 5.41) is 3.98. The minimum absolute atomic E-state index is 0.233. The van der Waals surface area contributed by atoms with E-state index in [0.717, 1.165) is 24.3 Å². The molecular formula is C18H21N3O2. The number of rotatable bonds is 5. The van der Waals surface area contributed by atoms with E-state index >= 15 is 0 Å². The fourth-order valence-electron chi connectivity index (χ4n) is 2.71. The third-order valence-corrected chi connectivity index (χ3v) is 4.07. The summed E-state index contributed by atoms with van der Waals surface area (Å²) in [6.45, 7) is 0. The lowest BCUT2D eigenvalue weighted by molar-refractivity contribution is 0.0955. The molecule has 1 saturated carbocycles. The van der Waals surface area contributed by atoms with E-state index in [1.54, 1.807) is 18.3 Å². The zero-order valence-corrected chi connectivity index (χ0v) is 13.2. The third kappa shape index (κ3) is 4.00. The molecule has 1 heterocycles. The normalized spacial score (nSPS) is 15.2. The Morgan fingerprint density at radius 1 is 1.26 bits per heavy atom. The summed E-state index contributed by atoms with van der Waals surface area (Å²) < 4.78 is 7.81. The predicted octanol–water partition coefficient (Wildman–Crippen LogP) is 3.11. The summed E-state index contributed by atoms with van der Waals surface area (Å²) in [7, 11) is 1.92. The van der Waals surface area contributed by atoms with E-state index < -0.39 is 0 Å². The number of nitrogens with one attached hydrogen (secondary N) is 1. The maximum Gasteiger partial charge on any atom is 0.271 e. The summed E-state index contributed by atoms with van der Waals surface area (Å²) in [4.78, 5) is 12.0. The quantitative estimate of drug-likeness (QED) is 0.681. The number of carbonyl (C=O) groups excluding carboxylic acids is 1. The molecule has 0 atom stereocenters. The fourth-order valence-corrected chi connectivity index (χ4v) is 2.71. The average Bonchev–Trinajstić information content (AvgIpc) is 3.20. The number of aryl methyl sites for hydroxylation is 1. The Bertz CT molecular complexity index is 683. The molecule has 1 amide bonds. The Kier molecular flexibility index (Phi) is 4.76. The monoisotopic (exact) mass is 311 g/mol. The number of ether oxygens (including phenoxy) is 1. The van der Waals surface area contributed by atoms with Gasteiger partial charge in [0.1, 0.15) is 5.75 Å². The first-order valence-electron chi connectivity index (χ1n) is 7.94. The molecule has 0 radical (unpaired) electrons. The maximum atomic E-state index is 12.0. The van der Waals surface area contributed by atoms with Gasteiger partial charge in [-0.2, -0.15) is 5.10 Å². The number of hydrogen-bond acceptors (Lipinski definition) is 3. The first-order valence-corrected chi connectivity index (χ1v) is 7.94. The van der Waals surface area contributed by atoms with Crippen molar-refractivity contribution in [2.75, 3.05) is 0 Å². The molecule has 120 valence electrons. The van der Waals surface area contributed by atoms with Crippen molar-refractivity contribution in [3.05, 3.63) is 53.9 Å². The Morgan fingerprint density at radius 3 is 2.65 bits per heavy atom. The smallest absolute Gasteiger partial charge is 0.271 e. The summed E-state index contributed by atoms with van der Waals surface area (Å²) >= 11 is 0. The van der Waals surface area contributed by atoms with E-state index in [1.165, 1.54) is 12.8 Å². The molecule has 0 spiro atoms. The van der Waals surface area contributed by atoms with Crippen molar-refractivity contribution in [2.45, 2.75) is 31.8 Å². The van der Waals surface area contributed by atoms with Gasteiger partial charge in [0.05, 0.1) is 18.0 Å². The van der Waals surface area contributed by atoms with Crippen molar-refractivity contribution in [1.29, 1.82) is 0 Å². The molecule has 2 aromatic rings. The van der Waals surface area contributed by atoms with E-state index in [9.17, 15) is 4.79 Å². The molecular weight excluding hydrogens is 290 g/mol. The minimum atomic E-state index is -0.233. The first kappa shape index (κ1) is 15.3. The number of nitrogens with zero attached hydrogens (tertiary/aromatic N) is 2. The van der Waals surface area contributed by atoms with Crippen molar-refractivity contribution < 1.29 is 9.53 Å². The second-order valence-corrected chi connectivity index (χ2v) is 5.79. The van der Waals surface area contributed by atoms with E-state index in [2.05, 4.69) is 10.5 Å². The van der Waals surface area contributed by atoms with Crippen molar-refractivity contribution in [1.82, 2.24) is 9.99 Å². The Morgan fingerprint density at radius 2 is 2.00 bits per heavy atom. The molecule has 23 heavy (non-hydrogen) atoms. The van der Waals surface area contributed by atoms with Gasteiger partial charge >= 0.3 is 0 Å². The van der Waals surface area contributed by atoms with Gasteiger partial charge in [0.2, 0.25) is 0 Å². The molecule has 5 nitrogen and oxygen atoms in total. The average molecular weight is 311 g/mol. The van der Waals surface area contributed by atoms with E-state index in [1.807, 2.05) is 42.1 Å². The molecule has 0 saturated heterocycles. The van der Waals surface area contributed by atoms with Gasteiger partial charge in [-0.1, -0.05) is 0 Å². The number of hydrazone groups is 1. The highest BCUT2D eigenvalue weighted by Gasteiger charge is 2.16. The second kappa shape index (κ2) is 7.13. The van der Waals surface area contributed by atoms with Crippen LogP contribution in [0.2, 0.25) is 0 Å². The van der Waals surface area contributed by atoms with Crippen LogP contribution in [0, 0.1) is 0 Å². The van der Waals surface area contributed by atoms with E-state index in [4.69, 9.17) is 4.74 Å². The summed E-state index contributed by atoms with van der Waals surface area (Å²) in [6.07, 6.45) is 8.59. The Balaban J connectivity index is 1.55. The van der Waals surface area contributed by atoms with Crippen molar-refractivity contribution >= 4 is 12.1 Å². The van der Waals surface area contributed by atoms with Crippen LogP contribution in [0.5, 0.6) is 5.75 Å². The lowest BCUT2D eigenvalue weighted by atomic mass is 10.2. The van der Waals surface area contributed by atoms with Gasteiger partial charge in [-0.15, -0.1) is 0 Å². The number of hydrogen-bond donors (Lipinski definition) is 1. The SMILES string of the molecule is Cn1cccc1C=NNC(=O)c1ccc(OC2CCCC2)cc1. The number of benzene rings is 1. The van der Waals surface area contributed by atoms with Crippen LogP contribution in [0.3, 0.4) is 0 Å². The molecule has 0 aliphatic heterocycles. The van der Waals surface area contributed by atoms with Gasteiger partial charge in [-0.3, -0.25) is 4.79 Å². The fraction of sp³-hybridized carbons (Fsp3) is 0.333. The van der Waals surface area contributed by atoms with Crippen LogP contribution < -0.4 is 10.2 Å². The lowest BCUT2D eigenvalue weighted by Crippen LogP contribution is -2.18. The summed E-state index contributed by atoms with van der Waals surface area (Å²) in [6, 6.07) is 11.1. The highest BCUT2D eigenvalue weighted by atomic mass is 16.5. The zero-order valence-electron chi connectivity index (χ0n) is 13.2. The van der Waals surface area contributed by atoms with Gasteiger partial charge in [0, 0.05) is 18.8 Å². The number of amides is 1. The standard InChI is InChI=1S/C18H21N3O2/c1-21-12-4-5-15(21)13-19-20-18(22)14-8-10-17(11-9-14)23-16-6-2-3-7-16/h4-5,8-13,16H,2-3,6-7H2,1H3,(H,20,22). The highest BCUT2D eigenvalue weighted by Crippen LogP contribution is 2.24. The molecule has 1 fully saturated rings. The van der Waals surface area contributed by atoms with E-state index in [-0.39, 0.29) is 5.91 Å². The molecule has 0 unspecified atom stereocenters. The topological polar surface area (TPSA) is 55.6 Å². The first-order chi connectivity index (χ1) is 11.2. The summed E-state index contributed by atoms with van der Waals surface area (Å²) in [5.74, 6) is 0.587. The minimum Gasteiger partial charge on any atom is -0.490 e. The molecule has 3 rings (SSSR count). The summed E-state index contributed by atoms with van der Waals surface area (Å²) in [5.41, 5.74) is 4.02. The largest absolute Gasteiger partial charge is 0.490 e. The van der Waals surface area contributed by atoms with Crippen molar-refractivity contribution in [3.8, 4) is 5.75 Å². The molecule has 0 bridgehead atoms. The van der Waals surface area contributed by atoms with Crippen LogP contribution in [-0.2, 0) is 7.05 Å². The second-order valence-electron chi connectivity index (χ2n) is 5.79. The number of aromatic nitrogens is 1. The molecule has 1 aliphatic carbocycles. The Hall–Kier alpha value is -2.56. The van der Waals surface area contributed by atoms with Gasteiger partial charge in [-0.25, -0.2) is 5.43 Å². The van der Waals surface area contributed by atoms with Gasteiger partial charge < -0.3 is 9.30 Å². The van der Waals surface area contributed by atoms with Crippen LogP contribution >= 0.6 is 0 Å². The highest BCUT2D eigenvalue weighted by molar-refractivity contribution is 5.94. The number of carbonyl (C=O) groups is 1. The Labute approximate surface area is 136 Å². The van der Waals surface area contributed by atoms with Crippen LogP contribution in [0.1, 0.15) is 41.7 Å². The van der Waals surface area contributed by atoms with Crippen LogP contribution in [0.25, 0.3) is 0 Å². The van der Waals surface area contributed by atoms with Gasteiger partial charge in [-0.05, 0) is 62.1 Å². The zero-order chi connectivity index (χ0) is 16.1. The van der Waals surface area contributed by atoms with Crippen molar-refractivity contribution in [2.24, 2.45) is 12.1 Å². The van der Waals surface area contributed by atoms with Crippen LogP contribution in [-0.4, -0.2) is 22.8 Å². The molecule has 1 aliphatic rings. The predicted molar refractivity (Wildman–Crippen MR) is 89.8 cm³/mol. The van der Waals surface area contributed by atoms with Gasteiger partial charge in [0.25, 0.3) is 5.91 Å². The lowest BCUT2D eigenvalue weighted by Gasteiger charge is -2.12. The molecule has 1 N–H and O–H groups in total. The van der Waals surface area contributed by atoms with Crippen LogP contribution in [0.4, 0.5) is 0 Å². The van der Waals surface area contributed by atoms with Crippen molar-refractivity contribution in [3.63, 3.8) is 0 Å². The van der Waals surface area contributed by atoms with E-state index in [0.29, 0.717) is 11.7 Å². The van der Waals surface area contributed by atoms with Gasteiger partial charge in [0.15, 0.2) is 0 Å². The van der Waals surface area contributed by atoms with Crippen LogP contribution in [0.15, 0.2) is 47.7 Å². The molecule has 5 heteroatoms. The maximum absolute atomic E-state index is 12.0.